The van der Waals surface area contributed by atoms with E-state index in [0.29, 0.717) is 10.2 Å². The quantitative estimate of drug-likeness (QED) is 0.274. The highest BCUT2D eigenvalue weighted by Crippen LogP contribution is 2.30. The van der Waals surface area contributed by atoms with E-state index in [1.165, 1.54) is 11.8 Å². The summed E-state index contributed by atoms with van der Waals surface area (Å²) in [5, 5.41) is 25.7. The molecule has 0 radical (unpaired) electrons. The van der Waals surface area contributed by atoms with E-state index < -0.39 is 34.5 Å². The Balaban J connectivity index is 2.04. The first-order chi connectivity index (χ1) is 10.7. The van der Waals surface area contributed by atoms with Crippen molar-refractivity contribution in [2.75, 3.05) is 6.61 Å². The lowest BCUT2D eigenvalue weighted by Crippen LogP contribution is -2.72. The van der Waals surface area contributed by atoms with Crippen LogP contribution in [-0.2, 0) is 9.63 Å². The predicted octanol–water partition coefficient (Wildman–Crippen LogP) is 0.829. The van der Waals surface area contributed by atoms with Crippen molar-refractivity contribution < 1.29 is 19.5 Å². The summed E-state index contributed by atoms with van der Waals surface area (Å²) in [4.78, 5) is 28.1. The number of nitrogens with zero attached hydrogens (tertiary/aromatic N) is 4. The molecule has 1 aliphatic heterocycles. The molecule has 2 amide bonds. The molecule has 3 unspecified atom stereocenters. The van der Waals surface area contributed by atoms with Crippen molar-refractivity contribution in [3.8, 4) is 0 Å². The van der Waals surface area contributed by atoms with E-state index in [1.54, 1.807) is 6.92 Å². The van der Waals surface area contributed by atoms with Crippen LogP contribution in [0.25, 0.3) is 0 Å². The Labute approximate surface area is 149 Å². The maximum atomic E-state index is 11.8. The van der Waals surface area contributed by atoms with Crippen molar-refractivity contribution in [2.45, 2.75) is 33.2 Å². The molecule has 0 spiro atoms. The first kappa shape index (κ1) is 18.3. The van der Waals surface area contributed by atoms with E-state index >= 15 is 0 Å². The van der Waals surface area contributed by atoms with Crippen LogP contribution < -0.4 is 5.32 Å². The van der Waals surface area contributed by atoms with Gasteiger partial charge in [0.05, 0.1) is 6.04 Å². The van der Waals surface area contributed by atoms with Gasteiger partial charge in [0, 0.05) is 5.25 Å². The molecule has 23 heavy (non-hydrogen) atoms. The summed E-state index contributed by atoms with van der Waals surface area (Å²) in [5.41, 5.74) is 0. The summed E-state index contributed by atoms with van der Waals surface area (Å²) in [6.07, 6.45) is -1.47. The number of H-pyrrole nitrogens is 1. The van der Waals surface area contributed by atoms with E-state index in [1.807, 2.05) is 0 Å². The Morgan fingerprint density at radius 2 is 2.26 bits per heavy atom. The summed E-state index contributed by atoms with van der Waals surface area (Å²) in [5.74, 6) is -0.512. The van der Waals surface area contributed by atoms with E-state index in [4.69, 9.17) is 39.6 Å². The zero-order chi connectivity index (χ0) is 17.2. The summed E-state index contributed by atoms with van der Waals surface area (Å²) < 4.78 is -1.81. The van der Waals surface area contributed by atoms with Crippen molar-refractivity contribution in [3.63, 3.8) is 0 Å². The van der Waals surface area contributed by atoms with Crippen LogP contribution in [0.5, 0.6) is 0 Å². The third-order valence-corrected chi connectivity index (χ3v) is 4.23. The van der Waals surface area contributed by atoms with Gasteiger partial charge in [0.1, 0.15) is 6.61 Å². The SMILES string of the molecule is CC(Sc1nn[nH]n1)C1NC(=O)C1N(OCC(Cl)(Cl)Cl)C(=O)O. The minimum atomic E-state index is -1.81. The van der Waals surface area contributed by atoms with Crippen LogP contribution in [0.3, 0.4) is 0 Å². The van der Waals surface area contributed by atoms with Gasteiger partial charge in [-0.2, -0.15) is 10.3 Å². The van der Waals surface area contributed by atoms with Crippen molar-refractivity contribution in [3.05, 3.63) is 0 Å². The van der Waals surface area contributed by atoms with Gasteiger partial charge in [0.15, 0.2) is 6.04 Å². The van der Waals surface area contributed by atoms with E-state index in [2.05, 4.69) is 25.9 Å². The molecule has 2 rings (SSSR count). The molecule has 1 aromatic rings. The monoisotopic (exact) mass is 404 g/mol. The van der Waals surface area contributed by atoms with Gasteiger partial charge in [-0.15, -0.1) is 10.2 Å². The Kier molecular flexibility index (Phi) is 5.79. The van der Waals surface area contributed by atoms with Crippen LogP contribution in [0.15, 0.2) is 5.16 Å². The molecule has 1 aliphatic rings. The van der Waals surface area contributed by atoms with Gasteiger partial charge in [-0.1, -0.05) is 53.5 Å². The number of hydroxylamine groups is 2. The van der Waals surface area contributed by atoms with Crippen LogP contribution in [0.4, 0.5) is 4.79 Å². The number of carboxylic acid groups (broad SMARTS) is 1. The summed E-state index contributed by atoms with van der Waals surface area (Å²) >= 11 is 17.8. The van der Waals surface area contributed by atoms with E-state index in [-0.39, 0.29) is 5.25 Å². The zero-order valence-corrected chi connectivity index (χ0v) is 14.5. The number of amides is 2. The second-order valence-electron chi connectivity index (χ2n) is 4.49. The van der Waals surface area contributed by atoms with E-state index in [0.717, 1.165) is 0 Å². The van der Waals surface area contributed by atoms with Crippen molar-refractivity contribution in [1.82, 2.24) is 31.0 Å². The number of nitrogens with one attached hydrogen (secondary N) is 2. The van der Waals surface area contributed by atoms with Gasteiger partial charge in [0.25, 0.3) is 0 Å². The van der Waals surface area contributed by atoms with Gasteiger partial charge in [-0.25, -0.2) is 4.79 Å². The molecule has 1 aromatic heterocycles. The lowest BCUT2D eigenvalue weighted by Gasteiger charge is -2.43. The number of carbonyl (C=O) groups excluding carboxylic acids is 1. The Hall–Kier alpha value is -1.01. The van der Waals surface area contributed by atoms with Crippen LogP contribution in [-0.4, -0.2) is 70.5 Å². The normalized spacial score (nSPS) is 22.2. The van der Waals surface area contributed by atoms with Crippen molar-refractivity contribution in [1.29, 1.82) is 0 Å². The minimum absolute atomic E-state index is 0.256. The first-order valence-electron chi connectivity index (χ1n) is 6.11. The van der Waals surface area contributed by atoms with Crippen molar-refractivity contribution in [2.24, 2.45) is 0 Å². The second kappa shape index (κ2) is 7.26. The molecule has 2 heterocycles. The highest BCUT2D eigenvalue weighted by atomic mass is 35.6. The highest BCUT2D eigenvalue weighted by Gasteiger charge is 2.50. The number of aromatic nitrogens is 4. The number of tetrazole rings is 1. The number of rotatable bonds is 6. The third-order valence-electron chi connectivity index (χ3n) is 2.85. The lowest BCUT2D eigenvalue weighted by atomic mass is 9.96. The number of aromatic amines is 1. The largest absolute Gasteiger partial charge is 0.463 e. The number of carbonyl (C=O) groups is 2. The average molecular weight is 406 g/mol. The number of alkyl halides is 3. The smallest absolute Gasteiger partial charge is 0.432 e. The molecule has 14 heteroatoms. The molecule has 10 nitrogen and oxygen atoms in total. The third kappa shape index (κ3) is 4.73. The van der Waals surface area contributed by atoms with E-state index in [9.17, 15) is 14.7 Å². The molecule has 3 atom stereocenters. The fourth-order valence-corrected chi connectivity index (χ4v) is 2.89. The molecule has 0 aliphatic carbocycles. The number of hydrogen-bond acceptors (Lipinski definition) is 7. The van der Waals surface area contributed by atoms with Gasteiger partial charge in [0.2, 0.25) is 14.9 Å². The van der Waals surface area contributed by atoms with Crippen LogP contribution in [0.1, 0.15) is 6.92 Å². The van der Waals surface area contributed by atoms with Gasteiger partial charge in [-0.3, -0.25) is 9.63 Å². The number of thioether (sulfide) groups is 1. The van der Waals surface area contributed by atoms with Gasteiger partial charge >= 0.3 is 6.09 Å². The number of β-lactam (4-membered cyclic amide) rings is 1. The van der Waals surface area contributed by atoms with Crippen LogP contribution in [0, 0.1) is 0 Å². The molecule has 3 N–H and O–H groups in total. The lowest BCUT2D eigenvalue weighted by molar-refractivity contribution is -0.186. The number of halogens is 3. The topological polar surface area (TPSA) is 133 Å². The molecule has 1 saturated heterocycles. The molecule has 0 saturated carbocycles. The van der Waals surface area contributed by atoms with Crippen molar-refractivity contribution >= 4 is 58.6 Å². The minimum Gasteiger partial charge on any atom is -0.463 e. The molecule has 128 valence electrons. The molecule has 0 bridgehead atoms. The predicted molar refractivity (Wildman–Crippen MR) is 81.3 cm³/mol. The fourth-order valence-electron chi connectivity index (χ4n) is 1.86. The molecule has 1 fully saturated rings. The molecule has 0 aromatic carbocycles. The van der Waals surface area contributed by atoms with Gasteiger partial charge in [-0.05, 0) is 5.21 Å². The average Bonchev–Trinajstić information content (AvgIpc) is 2.91. The summed E-state index contributed by atoms with van der Waals surface area (Å²) in [6, 6.07) is -1.60. The fraction of sp³-hybridized carbons (Fsp3) is 0.667. The Morgan fingerprint density at radius 3 is 2.74 bits per heavy atom. The number of hydrogen-bond donors (Lipinski definition) is 3. The summed E-state index contributed by atoms with van der Waals surface area (Å²) in [7, 11) is 0. The highest BCUT2D eigenvalue weighted by molar-refractivity contribution is 7.99. The van der Waals surface area contributed by atoms with Crippen LogP contribution in [0.2, 0.25) is 0 Å². The zero-order valence-electron chi connectivity index (χ0n) is 11.4. The maximum Gasteiger partial charge on any atom is 0.432 e. The Bertz CT molecular complexity index is 570. The maximum absolute atomic E-state index is 11.8. The standard InChI is InChI=1S/C9H11Cl3N6O4S/c1-3(23-7-14-16-17-15-7)4-5(6(19)13-4)18(8(20)21)22-2-9(10,11)12/h3-5H,2H2,1H3,(H,13,19)(H,20,21)(H,14,15,16,17). The van der Waals surface area contributed by atoms with Crippen LogP contribution >= 0.6 is 46.6 Å². The Morgan fingerprint density at radius 1 is 1.57 bits per heavy atom. The summed E-state index contributed by atoms with van der Waals surface area (Å²) in [6.45, 7) is 1.25. The molecular weight excluding hydrogens is 395 g/mol. The van der Waals surface area contributed by atoms with Gasteiger partial charge < -0.3 is 10.4 Å². The molecular formula is C9H11Cl3N6O4S. The second-order valence-corrected chi connectivity index (χ2v) is 8.35. The first-order valence-corrected chi connectivity index (χ1v) is 8.12.